The summed E-state index contributed by atoms with van der Waals surface area (Å²) in [6.45, 7) is 0.619. The van der Waals surface area contributed by atoms with Crippen molar-refractivity contribution in [2.75, 3.05) is 18.9 Å². The van der Waals surface area contributed by atoms with Gasteiger partial charge in [0.1, 0.15) is 0 Å². The van der Waals surface area contributed by atoms with E-state index in [0.29, 0.717) is 33.2 Å². The van der Waals surface area contributed by atoms with Crippen molar-refractivity contribution < 1.29 is 4.79 Å². The Morgan fingerprint density at radius 3 is 2.69 bits per heavy atom. The molecule has 1 rings (SSSR count). The molecule has 16 heavy (non-hydrogen) atoms. The molecule has 0 heterocycles. The second-order valence-corrected chi connectivity index (χ2v) is 4.73. The van der Waals surface area contributed by atoms with Crippen LogP contribution in [0.1, 0.15) is 6.42 Å². The highest BCUT2D eigenvalue weighted by Gasteiger charge is 2.10. The minimum atomic E-state index is -0.102. The second kappa shape index (κ2) is 6.45. The van der Waals surface area contributed by atoms with Crippen LogP contribution in [0, 0.1) is 0 Å². The number of benzene rings is 1. The number of anilines is 1. The van der Waals surface area contributed by atoms with Crippen LogP contribution in [0.4, 0.5) is 5.69 Å². The van der Waals surface area contributed by atoms with E-state index in [1.54, 1.807) is 19.2 Å². The van der Waals surface area contributed by atoms with Gasteiger partial charge >= 0.3 is 0 Å². The Hall–Kier alpha value is -0.290. The average molecular weight is 326 g/mol. The van der Waals surface area contributed by atoms with Crippen molar-refractivity contribution in [2.45, 2.75) is 6.42 Å². The predicted octanol–water partition coefficient (Wildman–Crippen LogP) is 3.30. The molecule has 0 aliphatic heterocycles. The molecule has 0 aliphatic carbocycles. The lowest BCUT2D eigenvalue weighted by Crippen LogP contribution is -2.18. The third-order valence-electron chi connectivity index (χ3n) is 1.91. The molecule has 0 atom stereocenters. The SMILES string of the molecule is CNCCC(=O)Nc1ccc(Br)c(Cl)c1Cl. The van der Waals surface area contributed by atoms with Gasteiger partial charge in [0.05, 0.1) is 15.7 Å². The summed E-state index contributed by atoms with van der Waals surface area (Å²) >= 11 is 15.2. The summed E-state index contributed by atoms with van der Waals surface area (Å²) < 4.78 is 0.701. The molecular formula is C10H11BrCl2N2O. The molecule has 2 N–H and O–H groups in total. The van der Waals surface area contributed by atoms with E-state index in [4.69, 9.17) is 23.2 Å². The van der Waals surface area contributed by atoms with E-state index in [1.165, 1.54) is 0 Å². The van der Waals surface area contributed by atoms with Crippen molar-refractivity contribution in [2.24, 2.45) is 0 Å². The topological polar surface area (TPSA) is 41.1 Å². The molecule has 0 fully saturated rings. The van der Waals surface area contributed by atoms with Crippen LogP contribution < -0.4 is 10.6 Å². The molecule has 0 saturated carbocycles. The Kier molecular flexibility index (Phi) is 5.55. The Labute approximate surface area is 113 Å². The number of halogens is 3. The first-order valence-corrected chi connectivity index (χ1v) is 6.19. The van der Waals surface area contributed by atoms with Crippen LogP contribution >= 0.6 is 39.1 Å². The first-order chi connectivity index (χ1) is 7.56. The fraction of sp³-hybridized carbons (Fsp3) is 0.300. The molecule has 88 valence electrons. The van der Waals surface area contributed by atoms with Gasteiger partial charge in [0.15, 0.2) is 0 Å². The van der Waals surface area contributed by atoms with Gasteiger partial charge in [-0.3, -0.25) is 4.79 Å². The van der Waals surface area contributed by atoms with E-state index in [1.807, 2.05) is 0 Å². The summed E-state index contributed by atoms with van der Waals surface area (Å²) in [5, 5.41) is 6.33. The van der Waals surface area contributed by atoms with Crippen LogP contribution in [0.15, 0.2) is 16.6 Å². The highest BCUT2D eigenvalue weighted by Crippen LogP contribution is 2.35. The molecule has 0 aliphatic rings. The molecule has 1 aromatic carbocycles. The van der Waals surface area contributed by atoms with Crippen molar-refractivity contribution in [3.63, 3.8) is 0 Å². The Bertz CT molecular complexity index is 399. The summed E-state index contributed by atoms with van der Waals surface area (Å²) in [6.07, 6.45) is 0.389. The van der Waals surface area contributed by atoms with Crippen molar-refractivity contribution >= 4 is 50.7 Å². The number of rotatable bonds is 4. The average Bonchev–Trinajstić information content (AvgIpc) is 2.27. The van der Waals surface area contributed by atoms with Crippen LogP contribution in [-0.4, -0.2) is 19.5 Å². The zero-order valence-corrected chi connectivity index (χ0v) is 11.7. The first-order valence-electron chi connectivity index (χ1n) is 4.64. The lowest BCUT2D eigenvalue weighted by atomic mass is 10.3. The smallest absolute Gasteiger partial charge is 0.225 e. The molecule has 6 heteroatoms. The lowest BCUT2D eigenvalue weighted by Gasteiger charge is -2.09. The monoisotopic (exact) mass is 324 g/mol. The van der Waals surface area contributed by atoms with Gasteiger partial charge in [0.25, 0.3) is 0 Å². The fourth-order valence-corrected chi connectivity index (χ4v) is 1.90. The summed E-state index contributed by atoms with van der Waals surface area (Å²) in [6, 6.07) is 3.44. The van der Waals surface area contributed by atoms with E-state index in [9.17, 15) is 4.79 Å². The number of hydrogen-bond donors (Lipinski definition) is 2. The lowest BCUT2D eigenvalue weighted by molar-refractivity contribution is -0.116. The van der Waals surface area contributed by atoms with Gasteiger partial charge < -0.3 is 10.6 Å². The highest BCUT2D eigenvalue weighted by atomic mass is 79.9. The zero-order valence-electron chi connectivity index (χ0n) is 8.61. The van der Waals surface area contributed by atoms with Gasteiger partial charge in [-0.05, 0) is 35.1 Å². The number of amides is 1. The van der Waals surface area contributed by atoms with Gasteiger partial charge in [-0.2, -0.15) is 0 Å². The number of carbonyl (C=O) groups is 1. The predicted molar refractivity (Wildman–Crippen MR) is 71.3 cm³/mol. The van der Waals surface area contributed by atoms with Gasteiger partial charge in [-0.15, -0.1) is 0 Å². The molecule has 1 aromatic rings. The van der Waals surface area contributed by atoms with E-state index >= 15 is 0 Å². The highest BCUT2D eigenvalue weighted by molar-refractivity contribution is 9.10. The van der Waals surface area contributed by atoms with Crippen molar-refractivity contribution in [3.05, 3.63) is 26.7 Å². The second-order valence-electron chi connectivity index (χ2n) is 3.12. The summed E-state index contributed by atoms with van der Waals surface area (Å²) in [4.78, 5) is 11.5. The molecular weight excluding hydrogens is 315 g/mol. The third-order valence-corrected chi connectivity index (χ3v) is 3.68. The number of nitrogens with one attached hydrogen (secondary N) is 2. The van der Waals surface area contributed by atoms with Crippen molar-refractivity contribution in [3.8, 4) is 0 Å². The van der Waals surface area contributed by atoms with Crippen LogP contribution in [0.5, 0.6) is 0 Å². The maximum Gasteiger partial charge on any atom is 0.225 e. The van der Waals surface area contributed by atoms with E-state index in [0.717, 1.165) is 0 Å². The quantitative estimate of drug-likeness (QED) is 0.834. The summed E-state index contributed by atoms with van der Waals surface area (Å²) in [7, 11) is 1.79. The van der Waals surface area contributed by atoms with Crippen molar-refractivity contribution in [1.82, 2.24) is 5.32 Å². The van der Waals surface area contributed by atoms with Crippen LogP contribution in [0.2, 0.25) is 10.0 Å². The van der Waals surface area contributed by atoms with E-state index in [2.05, 4.69) is 26.6 Å². The minimum Gasteiger partial charge on any atom is -0.325 e. The minimum absolute atomic E-state index is 0.102. The van der Waals surface area contributed by atoms with Gasteiger partial charge in [0, 0.05) is 17.4 Å². The Morgan fingerprint density at radius 1 is 1.38 bits per heavy atom. The van der Waals surface area contributed by atoms with Crippen LogP contribution in [0.25, 0.3) is 0 Å². The normalized spacial score (nSPS) is 10.2. The fourth-order valence-electron chi connectivity index (χ4n) is 1.07. The molecule has 0 spiro atoms. The summed E-state index contributed by atoms with van der Waals surface area (Å²) in [5.74, 6) is -0.102. The third kappa shape index (κ3) is 3.63. The van der Waals surface area contributed by atoms with Crippen LogP contribution in [0.3, 0.4) is 0 Å². The van der Waals surface area contributed by atoms with Gasteiger partial charge in [-0.1, -0.05) is 23.2 Å². The molecule has 1 amide bonds. The van der Waals surface area contributed by atoms with Gasteiger partial charge in [-0.25, -0.2) is 0 Å². The Morgan fingerprint density at radius 2 is 2.06 bits per heavy atom. The molecule has 0 radical (unpaired) electrons. The van der Waals surface area contributed by atoms with E-state index < -0.39 is 0 Å². The molecule has 3 nitrogen and oxygen atoms in total. The van der Waals surface area contributed by atoms with Crippen molar-refractivity contribution in [1.29, 1.82) is 0 Å². The maximum absolute atomic E-state index is 11.5. The number of carbonyl (C=O) groups excluding carboxylic acids is 1. The molecule has 0 bridgehead atoms. The van der Waals surface area contributed by atoms with Crippen LogP contribution in [-0.2, 0) is 4.79 Å². The summed E-state index contributed by atoms with van der Waals surface area (Å²) in [5.41, 5.74) is 0.524. The first kappa shape index (κ1) is 13.8. The zero-order chi connectivity index (χ0) is 12.1. The molecule has 0 saturated heterocycles. The largest absolute Gasteiger partial charge is 0.325 e. The molecule has 0 unspecified atom stereocenters. The molecule has 0 aromatic heterocycles. The Balaban J connectivity index is 2.74. The maximum atomic E-state index is 11.5. The standard InChI is InChI=1S/C10H11BrCl2N2O/c1-14-5-4-8(16)15-7-3-2-6(11)9(12)10(7)13/h2-3,14H,4-5H2,1H3,(H,15,16). The van der Waals surface area contributed by atoms with Gasteiger partial charge in [0.2, 0.25) is 5.91 Å². The van der Waals surface area contributed by atoms with E-state index in [-0.39, 0.29) is 5.91 Å². The number of hydrogen-bond acceptors (Lipinski definition) is 2.